The number of benzene rings is 1. The number of rotatable bonds is 6. The van der Waals surface area contributed by atoms with Gasteiger partial charge in [0.15, 0.2) is 0 Å². The Labute approximate surface area is 134 Å². The van der Waals surface area contributed by atoms with Crippen LogP contribution in [0.15, 0.2) is 24.3 Å². The van der Waals surface area contributed by atoms with Crippen LogP contribution in [0.3, 0.4) is 0 Å². The summed E-state index contributed by atoms with van der Waals surface area (Å²) in [5, 5.41) is 4.31. The third kappa shape index (κ3) is 4.60. The maximum Gasteiger partial charge on any atom is 0.0407 e. The number of halogens is 1. The van der Waals surface area contributed by atoms with Gasteiger partial charge in [-0.05, 0) is 36.7 Å². The lowest BCUT2D eigenvalue weighted by atomic mass is 10.0. The van der Waals surface area contributed by atoms with Gasteiger partial charge in [0.1, 0.15) is 0 Å². The highest BCUT2D eigenvalue weighted by Crippen LogP contribution is 2.21. The van der Waals surface area contributed by atoms with Gasteiger partial charge >= 0.3 is 0 Å². The van der Waals surface area contributed by atoms with Crippen molar-refractivity contribution in [3.8, 4) is 0 Å². The van der Waals surface area contributed by atoms with E-state index < -0.39 is 0 Å². The quantitative estimate of drug-likeness (QED) is 0.871. The van der Waals surface area contributed by atoms with Crippen LogP contribution in [0.5, 0.6) is 0 Å². The maximum atomic E-state index is 5.96. The molecule has 0 spiro atoms. The van der Waals surface area contributed by atoms with Crippen LogP contribution in [0.2, 0.25) is 5.02 Å². The van der Waals surface area contributed by atoms with Crippen molar-refractivity contribution < 1.29 is 0 Å². The molecule has 1 saturated heterocycles. The lowest BCUT2D eigenvalue weighted by Gasteiger charge is -2.42. The largest absolute Gasteiger partial charge is 0.369 e. The summed E-state index contributed by atoms with van der Waals surface area (Å²) in [5.41, 5.74) is 1.28. The van der Waals surface area contributed by atoms with Crippen LogP contribution in [-0.4, -0.2) is 50.2 Å². The Kier molecular flexibility index (Phi) is 6.34. The molecular weight excluding hydrogens is 282 g/mol. The van der Waals surface area contributed by atoms with Crippen molar-refractivity contribution in [2.75, 3.05) is 44.2 Å². The van der Waals surface area contributed by atoms with Gasteiger partial charge in [-0.25, -0.2) is 0 Å². The predicted molar refractivity (Wildman–Crippen MR) is 92.4 cm³/mol. The third-order valence-electron chi connectivity index (χ3n) is 4.35. The zero-order valence-electron chi connectivity index (χ0n) is 13.5. The first-order valence-corrected chi connectivity index (χ1v) is 8.45. The van der Waals surface area contributed by atoms with Crippen molar-refractivity contribution >= 4 is 17.3 Å². The van der Waals surface area contributed by atoms with Crippen LogP contribution >= 0.6 is 11.6 Å². The number of nitrogens with one attached hydrogen (secondary N) is 1. The molecule has 1 aliphatic heterocycles. The van der Waals surface area contributed by atoms with Crippen molar-refractivity contribution in [1.82, 2.24) is 10.2 Å². The zero-order chi connectivity index (χ0) is 15.2. The molecule has 0 amide bonds. The van der Waals surface area contributed by atoms with Crippen LogP contribution in [0.25, 0.3) is 0 Å². The summed E-state index contributed by atoms with van der Waals surface area (Å²) in [6, 6.07) is 8.83. The molecule has 0 aliphatic carbocycles. The van der Waals surface area contributed by atoms with Crippen molar-refractivity contribution in [2.45, 2.75) is 26.8 Å². The number of nitrogens with zero attached hydrogens (tertiary/aromatic N) is 2. The van der Waals surface area contributed by atoms with E-state index in [1.54, 1.807) is 0 Å². The first-order chi connectivity index (χ1) is 10.1. The summed E-state index contributed by atoms with van der Waals surface area (Å²) in [4.78, 5) is 5.09. The SMILES string of the molecule is CCNCC(C(C)C)N1CCN(c2ccc(Cl)cc2)CC1. The summed E-state index contributed by atoms with van der Waals surface area (Å²) in [5.74, 6) is 0.686. The molecule has 1 N–H and O–H groups in total. The highest BCUT2D eigenvalue weighted by Gasteiger charge is 2.25. The average Bonchev–Trinajstić information content (AvgIpc) is 2.49. The van der Waals surface area contributed by atoms with Crippen LogP contribution in [-0.2, 0) is 0 Å². The van der Waals surface area contributed by atoms with E-state index >= 15 is 0 Å². The predicted octanol–water partition coefficient (Wildman–Crippen LogP) is 3.10. The maximum absolute atomic E-state index is 5.96. The Balaban J connectivity index is 1.90. The van der Waals surface area contributed by atoms with E-state index in [-0.39, 0.29) is 0 Å². The van der Waals surface area contributed by atoms with Gasteiger partial charge < -0.3 is 10.2 Å². The fraction of sp³-hybridized carbons (Fsp3) is 0.647. The molecule has 0 bridgehead atoms. The molecule has 0 aromatic heterocycles. The number of hydrogen-bond donors (Lipinski definition) is 1. The third-order valence-corrected chi connectivity index (χ3v) is 4.60. The van der Waals surface area contributed by atoms with Crippen molar-refractivity contribution in [3.63, 3.8) is 0 Å². The molecule has 1 heterocycles. The number of hydrogen-bond acceptors (Lipinski definition) is 3. The van der Waals surface area contributed by atoms with Crippen LogP contribution < -0.4 is 10.2 Å². The molecule has 1 aromatic carbocycles. The van der Waals surface area contributed by atoms with Gasteiger partial charge in [-0.1, -0.05) is 32.4 Å². The highest BCUT2D eigenvalue weighted by atomic mass is 35.5. The van der Waals surface area contributed by atoms with Gasteiger partial charge in [0.05, 0.1) is 0 Å². The standard InChI is InChI=1S/C17H28ClN3/c1-4-19-13-17(14(2)3)21-11-9-20(10-12-21)16-7-5-15(18)6-8-16/h5-8,14,17,19H,4,9-13H2,1-3H3. The zero-order valence-corrected chi connectivity index (χ0v) is 14.2. The van der Waals surface area contributed by atoms with Gasteiger partial charge in [-0.15, -0.1) is 0 Å². The summed E-state index contributed by atoms with van der Waals surface area (Å²) >= 11 is 5.96. The van der Waals surface area contributed by atoms with E-state index in [4.69, 9.17) is 11.6 Å². The first kappa shape index (κ1) is 16.6. The molecular formula is C17H28ClN3. The monoisotopic (exact) mass is 309 g/mol. The van der Waals surface area contributed by atoms with Gasteiger partial charge in [0.2, 0.25) is 0 Å². The van der Waals surface area contributed by atoms with E-state index in [1.165, 1.54) is 5.69 Å². The molecule has 1 atom stereocenters. The average molecular weight is 310 g/mol. The molecule has 1 fully saturated rings. The Morgan fingerprint density at radius 1 is 1.10 bits per heavy atom. The Bertz CT molecular complexity index is 411. The van der Waals surface area contributed by atoms with E-state index in [0.29, 0.717) is 12.0 Å². The summed E-state index contributed by atoms with van der Waals surface area (Å²) < 4.78 is 0. The normalized spacial score (nSPS) is 18.2. The lowest BCUT2D eigenvalue weighted by molar-refractivity contribution is 0.144. The minimum absolute atomic E-state index is 0.636. The van der Waals surface area contributed by atoms with Crippen molar-refractivity contribution in [3.05, 3.63) is 29.3 Å². The van der Waals surface area contributed by atoms with E-state index in [0.717, 1.165) is 44.3 Å². The molecule has 1 aliphatic rings. The van der Waals surface area contributed by atoms with Crippen LogP contribution in [0.1, 0.15) is 20.8 Å². The second-order valence-corrected chi connectivity index (χ2v) is 6.55. The topological polar surface area (TPSA) is 18.5 Å². The van der Waals surface area contributed by atoms with Gasteiger partial charge in [0, 0.05) is 49.5 Å². The van der Waals surface area contributed by atoms with Gasteiger partial charge in [-0.3, -0.25) is 4.90 Å². The number of likely N-dealkylation sites (N-methyl/N-ethyl adjacent to an activating group) is 1. The molecule has 21 heavy (non-hydrogen) atoms. The molecule has 118 valence electrons. The Morgan fingerprint density at radius 2 is 1.71 bits per heavy atom. The number of anilines is 1. The summed E-state index contributed by atoms with van der Waals surface area (Å²) in [6.45, 7) is 13.4. The van der Waals surface area contributed by atoms with Crippen LogP contribution in [0, 0.1) is 5.92 Å². The molecule has 1 unspecified atom stereocenters. The minimum atomic E-state index is 0.636. The molecule has 0 radical (unpaired) electrons. The summed E-state index contributed by atoms with van der Waals surface area (Å²) in [7, 11) is 0. The Hall–Kier alpha value is -0.770. The Morgan fingerprint density at radius 3 is 2.24 bits per heavy atom. The van der Waals surface area contributed by atoms with Crippen LogP contribution in [0.4, 0.5) is 5.69 Å². The smallest absolute Gasteiger partial charge is 0.0407 e. The van der Waals surface area contributed by atoms with E-state index in [1.807, 2.05) is 12.1 Å². The fourth-order valence-corrected chi connectivity index (χ4v) is 3.17. The van der Waals surface area contributed by atoms with Crippen molar-refractivity contribution in [2.24, 2.45) is 5.92 Å². The second kappa shape index (κ2) is 8.02. The molecule has 0 saturated carbocycles. The summed E-state index contributed by atoms with van der Waals surface area (Å²) in [6.07, 6.45) is 0. The lowest BCUT2D eigenvalue weighted by Crippen LogP contribution is -2.54. The minimum Gasteiger partial charge on any atom is -0.369 e. The van der Waals surface area contributed by atoms with E-state index in [2.05, 4.69) is 48.0 Å². The van der Waals surface area contributed by atoms with Crippen molar-refractivity contribution in [1.29, 1.82) is 0 Å². The highest BCUT2D eigenvalue weighted by molar-refractivity contribution is 6.30. The van der Waals surface area contributed by atoms with Gasteiger partial charge in [-0.2, -0.15) is 0 Å². The first-order valence-electron chi connectivity index (χ1n) is 8.07. The molecule has 2 rings (SSSR count). The van der Waals surface area contributed by atoms with Gasteiger partial charge in [0.25, 0.3) is 0 Å². The number of piperazine rings is 1. The second-order valence-electron chi connectivity index (χ2n) is 6.12. The molecule has 3 nitrogen and oxygen atoms in total. The molecule has 1 aromatic rings. The molecule has 4 heteroatoms. The fourth-order valence-electron chi connectivity index (χ4n) is 3.04. The van der Waals surface area contributed by atoms with E-state index in [9.17, 15) is 0 Å².